The van der Waals surface area contributed by atoms with Gasteiger partial charge in [-0.3, -0.25) is 9.10 Å². The van der Waals surface area contributed by atoms with E-state index in [4.69, 9.17) is 4.74 Å². The molecule has 1 amide bonds. The van der Waals surface area contributed by atoms with Crippen molar-refractivity contribution in [1.29, 1.82) is 0 Å². The lowest BCUT2D eigenvalue weighted by Crippen LogP contribution is -2.40. The molecule has 2 aromatic rings. The van der Waals surface area contributed by atoms with E-state index in [0.29, 0.717) is 37.6 Å². The van der Waals surface area contributed by atoms with Crippen LogP contribution in [0.25, 0.3) is 0 Å². The van der Waals surface area contributed by atoms with E-state index < -0.39 is 15.8 Å². The molecule has 27 heavy (non-hydrogen) atoms. The van der Waals surface area contributed by atoms with Crippen molar-refractivity contribution in [2.75, 3.05) is 36.9 Å². The molecule has 144 valence electrons. The Morgan fingerprint density at radius 3 is 2.33 bits per heavy atom. The molecule has 0 atom stereocenters. The quantitative estimate of drug-likeness (QED) is 0.783. The fourth-order valence-corrected chi connectivity index (χ4v) is 3.78. The normalized spacial score (nSPS) is 14.8. The molecule has 1 aliphatic rings. The molecule has 0 aromatic heterocycles. The number of sulfonamides is 1. The van der Waals surface area contributed by atoms with E-state index >= 15 is 0 Å². The molecule has 1 heterocycles. The number of carbonyl (C=O) groups is 1. The third kappa shape index (κ3) is 4.64. The van der Waals surface area contributed by atoms with Gasteiger partial charge in [-0.15, -0.1) is 0 Å². The summed E-state index contributed by atoms with van der Waals surface area (Å²) in [5.41, 5.74) is 1.12. The number of hydrogen-bond acceptors (Lipinski definition) is 4. The van der Waals surface area contributed by atoms with Crippen molar-refractivity contribution in [3.63, 3.8) is 0 Å². The molecule has 0 radical (unpaired) electrons. The molecule has 1 aliphatic heterocycles. The van der Waals surface area contributed by atoms with Gasteiger partial charge in [-0.1, -0.05) is 18.2 Å². The van der Waals surface area contributed by atoms with Crippen LogP contribution < -0.4 is 4.31 Å². The molecular weight excluding hydrogens is 371 g/mol. The molecule has 0 N–H and O–H groups in total. The Morgan fingerprint density at radius 1 is 1.11 bits per heavy atom. The van der Waals surface area contributed by atoms with Crippen molar-refractivity contribution in [3.05, 3.63) is 65.5 Å². The van der Waals surface area contributed by atoms with Crippen LogP contribution in [0.3, 0.4) is 0 Å². The zero-order valence-corrected chi connectivity index (χ0v) is 15.8. The molecule has 2 aromatic carbocycles. The van der Waals surface area contributed by atoms with E-state index in [0.717, 1.165) is 10.6 Å². The van der Waals surface area contributed by atoms with Crippen molar-refractivity contribution in [1.82, 2.24) is 4.90 Å². The van der Waals surface area contributed by atoms with Crippen LogP contribution in [-0.2, 0) is 21.3 Å². The Labute approximate surface area is 158 Å². The molecule has 0 spiro atoms. The van der Waals surface area contributed by atoms with E-state index in [-0.39, 0.29) is 18.0 Å². The van der Waals surface area contributed by atoms with Gasteiger partial charge in [-0.2, -0.15) is 0 Å². The maximum atomic E-state index is 13.9. The summed E-state index contributed by atoms with van der Waals surface area (Å²) >= 11 is 0. The third-order valence-corrected chi connectivity index (χ3v) is 5.51. The number of anilines is 1. The summed E-state index contributed by atoms with van der Waals surface area (Å²) in [5, 5.41) is 0. The van der Waals surface area contributed by atoms with Gasteiger partial charge in [0.2, 0.25) is 10.0 Å². The van der Waals surface area contributed by atoms with Crippen LogP contribution in [0.5, 0.6) is 0 Å². The monoisotopic (exact) mass is 392 g/mol. The van der Waals surface area contributed by atoms with Crippen LogP contribution in [-0.4, -0.2) is 51.8 Å². The molecule has 1 saturated heterocycles. The number of nitrogens with zero attached hydrogens (tertiary/aromatic N) is 2. The summed E-state index contributed by atoms with van der Waals surface area (Å²) in [6.07, 6.45) is 1.07. The van der Waals surface area contributed by atoms with E-state index in [1.54, 1.807) is 47.4 Å². The predicted octanol–water partition coefficient (Wildman–Crippen LogP) is 2.26. The summed E-state index contributed by atoms with van der Waals surface area (Å²) in [5.74, 6) is -0.588. The molecule has 0 bridgehead atoms. The van der Waals surface area contributed by atoms with Gasteiger partial charge in [0.25, 0.3) is 5.91 Å². The second-order valence-electron chi connectivity index (χ2n) is 6.31. The fourth-order valence-electron chi connectivity index (χ4n) is 2.90. The van der Waals surface area contributed by atoms with Gasteiger partial charge in [-0.25, -0.2) is 12.8 Å². The van der Waals surface area contributed by atoms with Gasteiger partial charge in [-0.05, 0) is 30.3 Å². The SMILES string of the molecule is CS(=O)(=O)N(Cc1ccccc1F)c1ccc(C(=O)N2CCOCC2)cc1. The molecule has 0 unspecified atom stereocenters. The Bertz CT molecular complexity index is 910. The predicted molar refractivity (Wildman–Crippen MR) is 101 cm³/mol. The maximum Gasteiger partial charge on any atom is 0.254 e. The summed E-state index contributed by atoms with van der Waals surface area (Å²) in [4.78, 5) is 14.2. The highest BCUT2D eigenvalue weighted by molar-refractivity contribution is 7.92. The second kappa shape index (κ2) is 8.06. The summed E-state index contributed by atoms with van der Waals surface area (Å²) in [6.45, 7) is 1.96. The highest BCUT2D eigenvalue weighted by Gasteiger charge is 2.22. The van der Waals surface area contributed by atoms with Gasteiger partial charge < -0.3 is 9.64 Å². The number of carbonyl (C=O) groups excluding carboxylic acids is 1. The Morgan fingerprint density at radius 2 is 1.74 bits per heavy atom. The molecule has 8 heteroatoms. The molecule has 0 aliphatic carbocycles. The zero-order valence-electron chi connectivity index (χ0n) is 15.0. The van der Waals surface area contributed by atoms with E-state index in [9.17, 15) is 17.6 Å². The van der Waals surface area contributed by atoms with Crippen molar-refractivity contribution in [3.8, 4) is 0 Å². The Balaban J connectivity index is 1.83. The first kappa shape index (κ1) is 19.3. The lowest BCUT2D eigenvalue weighted by atomic mass is 10.1. The van der Waals surface area contributed by atoms with Crippen molar-refractivity contribution >= 4 is 21.6 Å². The average Bonchev–Trinajstić information content (AvgIpc) is 2.67. The van der Waals surface area contributed by atoms with Crippen molar-refractivity contribution in [2.45, 2.75) is 6.54 Å². The van der Waals surface area contributed by atoms with Crippen LogP contribution in [0.4, 0.5) is 10.1 Å². The Hall–Kier alpha value is -2.45. The number of benzene rings is 2. The number of ether oxygens (including phenoxy) is 1. The fraction of sp³-hybridized carbons (Fsp3) is 0.316. The van der Waals surface area contributed by atoms with Crippen LogP contribution in [0.2, 0.25) is 0 Å². The van der Waals surface area contributed by atoms with Gasteiger partial charge in [0.15, 0.2) is 0 Å². The van der Waals surface area contributed by atoms with Crippen LogP contribution in [0, 0.1) is 5.82 Å². The van der Waals surface area contributed by atoms with Gasteiger partial charge in [0.1, 0.15) is 5.82 Å². The van der Waals surface area contributed by atoms with Crippen molar-refractivity contribution in [2.24, 2.45) is 0 Å². The average molecular weight is 392 g/mol. The molecule has 6 nitrogen and oxygen atoms in total. The lowest BCUT2D eigenvalue weighted by molar-refractivity contribution is 0.0303. The van der Waals surface area contributed by atoms with Gasteiger partial charge >= 0.3 is 0 Å². The van der Waals surface area contributed by atoms with Crippen LogP contribution >= 0.6 is 0 Å². The van der Waals surface area contributed by atoms with E-state index in [1.807, 2.05) is 0 Å². The number of morpholine rings is 1. The zero-order chi connectivity index (χ0) is 19.4. The first-order valence-electron chi connectivity index (χ1n) is 8.54. The number of hydrogen-bond donors (Lipinski definition) is 0. The molecule has 1 fully saturated rings. The topological polar surface area (TPSA) is 66.9 Å². The number of halogens is 1. The minimum absolute atomic E-state index is 0.121. The van der Waals surface area contributed by atoms with Crippen LogP contribution in [0.15, 0.2) is 48.5 Å². The van der Waals surface area contributed by atoms with E-state index in [2.05, 4.69) is 0 Å². The lowest BCUT2D eigenvalue weighted by Gasteiger charge is -2.27. The standard InChI is InChI=1S/C19H21FN2O4S/c1-27(24,25)22(14-16-4-2-3-5-18(16)20)17-8-6-15(7-9-17)19(23)21-10-12-26-13-11-21/h2-9H,10-14H2,1H3. The molecule has 0 saturated carbocycles. The first-order valence-corrected chi connectivity index (χ1v) is 10.4. The third-order valence-electron chi connectivity index (χ3n) is 4.37. The minimum atomic E-state index is -3.63. The van der Waals surface area contributed by atoms with Crippen LogP contribution in [0.1, 0.15) is 15.9 Å². The molecular formula is C19H21FN2O4S. The summed E-state index contributed by atoms with van der Waals surface area (Å²) < 4.78 is 44.8. The van der Waals surface area contributed by atoms with Crippen molar-refractivity contribution < 1.29 is 22.3 Å². The van der Waals surface area contributed by atoms with E-state index in [1.165, 1.54) is 6.07 Å². The molecule has 3 rings (SSSR count). The van der Waals surface area contributed by atoms with Gasteiger partial charge in [0.05, 0.1) is 31.7 Å². The summed E-state index contributed by atoms with van der Waals surface area (Å²) in [6, 6.07) is 12.4. The second-order valence-corrected chi connectivity index (χ2v) is 8.22. The summed E-state index contributed by atoms with van der Waals surface area (Å²) in [7, 11) is -3.63. The highest BCUT2D eigenvalue weighted by atomic mass is 32.2. The number of rotatable bonds is 5. The first-order chi connectivity index (χ1) is 12.9. The minimum Gasteiger partial charge on any atom is -0.378 e. The number of amides is 1. The largest absolute Gasteiger partial charge is 0.378 e. The maximum absolute atomic E-state index is 13.9. The smallest absolute Gasteiger partial charge is 0.254 e. The highest BCUT2D eigenvalue weighted by Crippen LogP contribution is 2.23. The van der Waals surface area contributed by atoms with Gasteiger partial charge in [0, 0.05) is 24.2 Å². The Kier molecular flexibility index (Phi) is 5.76.